The summed E-state index contributed by atoms with van der Waals surface area (Å²) in [6.45, 7) is 5.06. The topological polar surface area (TPSA) is 49.4 Å². The molecule has 2 aromatic rings. The van der Waals surface area contributed by atoms with Gasteiger partial charge in [0.15, 0.2) is 0 Å². The van der Waals surface area contributed by atoms with Gasteiger partial charge in [-0.15, -0.1) is 0 Å². The van der Waals surface area contributed by atoms with Crippen LogP contribution in [0.3, 0.4) is 0 Å². The Morgan fingerprint density at radius 3 is 2.58 bits per heavy atom. The molecule has 0 unspecified atom stereocenters. The largest absolute Gasteiger partial charge is 0.355 e. The van der Waals surface area contributed by atoms with Crippen LogP contribution in [0.15, 0.2) is 42.5 Å². The second-order valence-electron chi connectivity index (χ2n) is 6.84. The summed E-state index contributed by atoms with van der Waals surface area (Å²) < 4.78 is 0. The number of rotatable bonds is 5. The number of anilines is 1. The lowest BCUT2D eigenvalue weighted by atomic mass is 10.1. The number of benzene rings is 2. The zero-order valence-electron chi connectivity index (χ0n) is 15.1. The van der Waals surface area contributed by atoms with E-state index < -0.39 is 0 Å². The Morgan fingerprint density at radius 1 is 1.15 bits per heavy atom. The molecule has 0 aromatic heterocycles. The number of hydrogen-bond donors (Lipinski definition) is 1. The molecule has 4 nitrogen and oxygen atoms in total. The highest BCUT2D eigenvalue weighted by Gasteiger charge is 2.35. The third kappa shape index (κ3) is 4.25. The Morgan fingerprint density at radius 2 is 1.88 bits per heavy atom. The predicted molar refractivity (Wildman–Crippen MR) is 105 cm³/mol. The number of hydrogen-bond acceptors (Lipinski definition) is 2. The van der Waals surface area contributed by atoms with E-state index in [1.54, 1.807) is 4.90 Å². The van der Waals surface area contributed by atoms with Gasteiger partial charge < -0.3 is 10.2 Å². The third-order valence-corrected chi connectivity index (χ3v) is 5.18. The molecule has 1 fully saturated rings. The van der Waals surface area contributed by atoms with E-state index in [-0.39, 0.29) is 24.2 Å². The van der Waals surface area contributed by atoms with Crippen molar-refractivity contribution in [1.82, 2.24) is 5.32 Å². The van der Waals surface area contributed by atoms with E-state index in [1.165, 1.54) is 5.56 Å². The number of carbonyl (C=O) groups is 2. The predicted octanol–water partition coefficient (Wildman–Crippen LogP) is 3.67. The minimum absolute atomic E-state index is 0.00565. The van der Waals surface area contributed by atoms with Crippen LogP contribution in [0, 0.1) is 19.8 Å². The van der Waals surface area contributed by atoms with Crippen molar-refractivity contribution in [2.75, 3.05) is 18.0 Å². The van der Waals surface area contributed by atoms with Crippen LogP contribution in [0.2, 0.25) is 5.02 Å². The zero-order valence-corrected chi connectivity index (χ0v) is 15.8. The van der Waals surface area contributed by atoms with Crippen molar-refractivity contribution in [2.24, 2.45) is 5.92 Å². The number of carbonyl (C=O) groups excluding carboxylic acids is 2. The summed E-state index contributed by atoms with van der Waals surface area (Å²) in [5, 5.41) is 3.65. The SMILES string of the molecule is Cc1ccc(N2C[C@H](C(=O)NCCc3ccc(Cl)cc3)CC2=O)cc1C. The molecule has 1 atom stereocenters. The Labute approximate surface area is 159 Å². The Balaban J connectivity index is 1.54. The van der Waals surface area contributed by atoms with Crippen molar-refractivity contribution in [3.05, 3.63) is 64.2 Å². The summed E-state index contributed by atoms with van der Waals surface area (Å²) in [4.78, 5) is 26.5. The molecule has 0 bridgehead atoms. The average Bonchev–Trinajstić information content (AvgIpc) is 3.01. The Bertz CT molecular complexity index is 817. The lowest BCUT2D eigenvalue weighted by molar-refractivity contribution is -0.126. The Hall–Kier alpha value is -2.33. The molecule has 2 amide bonds. The maximum absolute atomic E-state index is 12.4. The van der Waals surface area contributed by atoms with E-state index in [2.05, 4.69) is 5.32 Å². The van der Waals surface area contributed by atoms with Crippen molar-refractivity contribution in [1.29, 1.82) is 0 Å². The van der Waals surface area contributed by atoms with Crippen molar-refractivity contribution in [3.8, 4) is 0 Å². The lowest BCUT2D eigenvalue weighted by Gasteiger charge is -2.18. The zero-order chi connectivity index (χ0) is 18.7. The van der Waals surface area contributed by atoms with Gasteiger partial charge in [0.25, 0.3) is 0 Å². The number of amides is 2. The van der Waals surface area contributed by atoms with E-state index in [4.69, 9.17) is 11.6 Å². The summed E-state index contributed by atoms with van der Waals surface area (Å²) in [6, 6.07) is 13.6. The van der Waals surface area contributed by atoms with E-state index in [9.17, 15) is 9.59 Å². The maximum atomic E-state index is 12.4. The molecule has 0 saturated carbocycles. The van der Waals surface area contributed by atoms with Gasteiger partial charge in [-0.05, 0) is 61.2 Å². The molecule has 1 aliphatic rings. The smallest absolute Gasteiger partial charge is 0.227 e. The van der Waals surface area contributed by atoms with Crippen LogP contribution in [0.25, 0.3) is 0 Å². The van der Waals surface area contributed by atoms with Gasteiger partial charge in [0.05, 0.1) is 5.92 Å². The molecule has 1 heterocycles. The van der Waals surface area contributed by atoms with Crippen LogP contribution in [0.1, 0.15) is 23.1 Å². The second-order valence-corrected chi connectivity index (χ2v) is 7.28. The van der Waals surface area contributed by atoms with Gasteiger partial charge >= 0.3 is 0 Å². The van der Waals surface area contributed by atoms with Crippen molar-refractivity contribution in [3.63, 3.8) is 0 Å². The highest BCUT2D eigenvalue weighted by molar-refractivity contribution is 6.30. The molecule has 1 saturated heterocycles. The number of nitrogens with one attached hydrogen (secondary N) is 1. The first kappa shape index (κ1) is 18.5. The van der Waals surface area contributed by atoms with Crippen LogP contribution in [0.5, 0.6) is 0 Å². The first-order valence-electron chi connectivity index (χ1n) is 8.84. The third-order valence-electron chi connectivity index (χ3n) is 4.92. The fourth-order valence-corrected chi connectivity index (χ4v) is 3.28. The minimum Gasteiger partial charge on any atom is -0.355 e. The lowest BCUT2D eigenvalue weighted by Crippen LogP contribution is -2.34. The second kappa shape index (κ2) is 7.92. The fraction of sp³-hybridized carbons (Fsp3) is 0.333. The average molecular weight is 371 g/mol. The number of aryl methyl sites for hydroxylation is 2. The summed E-state index contributed by atoms with van der Waals surface area (Å²) in [5.74, 6) is -0.348. The van der Waals surface area contributed by atoms with E-state index in [0.29, 0.717) is 18.1 Å². The monoisotopic (exact) mass is 370 g/mol. The highest BCUT2D eigenvalue weighted by atomic mass is 35.5. The standard InChI is InChI=1S/C21H23ClN2O2/c1-14-3-8-19(11-15(14)2)24-13-17(12-20(24)25)21(26)23-10-9-16-4-6-18(22)7-5-16/h3-8,11,17H,9-10,12-13H2,1-2H3,(H,23,26)/t17-/m1/s1. The summed E-state index contributed by atoms with van der Waals surface area (Å²) in [6.07, 6.45) is 1.00. The molecule has 2 aromatic carbocycles. The molecule has 136 valence electrons. The van der Waals surface area contributed by atoms with Gasteiger partial charge in [-0.1, -0.05) is 29.8 Å². The molecule has 3 rings (SSSR count). The van der Waals surface area contributed by atoms with Gasteiger partial charge in [0.2, 0.25) is 11.8 Å². The molecule has 5 heteroatoms. The molecular weight excluding hydrogens is 348 g/mol. The van der Waals surface area contributed by atoms with Crippen LogP contribution in [-0.2, 0) is 16.0 Å². The van der Waals surface area contributed by atoms with Crippen LogP contribution in [0.4, 0.5) is 5.69 Å². The summed E-state index contributed by atoms with van der Waals surface area (Å²) in [5.41, 5.74) is 4.33. The van der Waals surface area contributed by atoms with Crippen LogP contribution < -0.4 is 10.2 Å². The molecular formula is C21H23ClN2O2. The minimum atomic E-state index is -0.297. The van der Waals surface area contributed by atoms with Crippen molar-refractivity contribution < 1.29 is 9.59 Å². The van der Waals surface area contributed by atoms with Gasteiger partial charge in [-0.3, -0.25) is 9.59 Å². The summed E-state index contributed by atoms with van der Waals surface area (Å²) in [7, 11) is 0. The number of nitrogens with zero attached hydrogens (tertiary/aromatic N) is 1. The van der Waals surface area contributed by atoms with E-state index in [1.807, 2.05) is 56.3 Å². The van der Waals surface area contributed by atoms with E-state index in [0.717, 1.165) is 23.2 Å². The Kier molecular flexibility index (Phi) is 5.62. The molecule has 26 heavy (non-hydrogen) atoms. The van der Waals surface area contributed by atoms with Gasteiger partial charge in [-0.25, -0.2) is 0 Å². The van der Waals surface area contributed by atoms with Gasteiger partial charge in [-0.2, -0.15) is 0 Å². The summed E-state index contributed by atoms with van der Waals surface area (Å²) >= 11 is 5.87. The fourth-order valence-electron chi connectivity index (χ4n) is 3.15. The van der Waals surface area contributed by atoms with Crippen molar-refractivity contribution >= 4 is 29.1 Å². The van der Waals surface area contributed by atoms with Gasteiger partial charge in [0.1, 0.15) is 0 Å². The quantitative estimate of drug-likeness (QED) is 0.873. The van der Waals surface area contributed by atoms with Crippen LogP contribution >= 0.6 is 11.6 Å². The molecule has 0 radical (unpaired) electrons. The highest BCUT2D eigenvalue weighted by Crippen LogP contribution is 2.26. The first-order valence-corrected chi connectivity index (χ1v) is 9.21. The number of halogens is 1. The molecule has 0 spiro atoms. The normalized spacial score (nSPS) is 16.8. The molecule has 1 N–H and O–H groups in total. The van der Waals surface area contributed by atoms with Crippen molar-refractivity contribution in [2.45, 2.75) is 26.7 Å². The van der Waals surface area contributed by atoms with E-state index >= 15 is 0 Å². The first-order chi connectivity index (χ1) is 12.4. The molecule has 0 aliphatic carbocycles. The molecule has 1 aliphatic heterocycles. The van der Waals surface area contributed by atoms with Crippen LogP contribution in [-0.4, -0.2) is 24.9 Å². The maximum Gasteiger partial charge on any atom is 0.227 e. The van der Waals surface area contributed by atoms with Gasteiger partial charge in [0, 0.05) is 30.2 Å².